The fourth-order valence-electron chi connectivity index (χ4n) is 3.45. The molecule has 1 aliphatic heterocycles. The van der Waals surface area contributed by atoms with Crippen LogP contribution in [0.15, 0.2) is 72.8 Å². The second kappa shape index (κ2) is 7.67. The zero-order valence-electron chi connectivity index (χ0n) is 15.7. The lowest BCUT2D eigenvalue weighted by atomic mass is 10.2. The van der Waals surface area contributed by atoms with Crippen LogP contribution in [0.5, 0.6) is 0 Å². The van der Waals surface area contributed by atoms with Crippen molar-refractivity contribution in [2.45, 2.75) is 20.8 Å². The Kier molecular flexibility index (Phi) is 5.27. The van der Waals surface area contributed by atoms with E-state index in [2.05, 4.69) is 93.6 Å². The van der Waals surface area contributed by atoms with Crippen molar-refractivity contribution in [3.63, 3.8) is 0 Å². The minimum absolute atomic E-state index is 0.0190. The van der Waals surface area contributed by atoms with Crippen LogP contribution in [0.2, 0.25) is 0 Å². The van der Waals surface area contributed by atoms with Gasteiger partial charge >= 0.3 is 27.9 Å². The molecule has 0 saturated carbocycles. The van der Waals surface area contributed by atoms with Crippen molar-refractivity contribution in [3.05, 3.63) is 89.5 Å². The molecule has 0 spiro atoms. The maximum atomic E-state index is 6.88. The molecule has 1 fully saturated rings. The lowest BCUT2D eigenvalue weighted by molar-refractivity contribution is 0.306. The largest absolute Gasteiger partial charge is 0.413 e. The van der Waals surface area contributed by atoms with Gasteiger partial charge in [-0.15, -0.1) is 0 Å². The minimum Gasteiger partial charge on any atom is -0.409 e. The quantitative estimate of drug-likeness (QED) is 0.625. The summed E-state index contributed by atoms with van der Waals surface area (Å²) in [7, 11) is -4.52. The summed E-state index contributed by atoms with van der Waals surface area (Å²) in [5, 5.41) is 3.51. The lowest BCUT2D eigenvalue weighted by Gasteiger charge is -2.39. The summed E-state index contributed by atoms with van der Waals surface area (Å²) in [5.74, 6) is 0. The average molecular weight is 406 g/mol. The van der Waals surface area contributed by atoms with Gasteiger partial charge < -0.3 is 12.3 Å². The number of hydrogen-bond acceptors (Lipinski definition) is 3. The van der Waals surface area contributed by atoms with E-state index in [0.717, 1.165) is 5.19 Å². The predicted octanol–water partition coefficient (Wildman–Crippen LogP) is 2.16. The third-order valence-electron chi connectivity index (χ3n) is 4.92. The third-order valence-corrected chi connectivity index (χ3v) is 12.9. The summed E-state index contributed by atoms with van der Waals surface area (Å²) in [4.78, 5) is 0. The Balaban J connectivity index is 1.88. The highest BCUT2D eigenvalue weighted by atomic mass is 28.5. The second-order valence-electron chi connectivity index (χ2n) is 6.74. The Hall–Kier alpha value is -1.81. The molecule has 0 aliphatic carbocycles. The molecule has 3 nitrogen and oxygen atoms in total. The van der Waals surface area contributed by atoms with Crippen LogP contribution in [0.3, 0.4) is 0 Å². The van der Waals surface area contributed by atoms with E-state index in [4.69, 9.17) is 12.3 Å². The molecule has 1 aliphatic rings. The highest BCUT2D eigenvalue weighted by Crippen LogP contribution is 2.19. The molecule has 0 aromatic heterocycles. The molecule has 3 radical (unpaired) electrons. The lowest BCUT2D eigenvalue weighted by Crippen LogP contribution is -2.71. The number of hydrogen-bond donors (Lipinski definition) is 0. The summed E-state index contributed by atoms with van der Waals surface area (Å²) in [6.45, 7) is 6.38. The Morgan fingerprint density at radius 2 is 1.22 bits per heavy atom. The van der Waals surface area contributed by atoms with Crippen LogP contribution in [0.25, 0.3) is 0 Å². The van der Waals surface area contributed by atoms with Crippen LogP contribution in [-0.2, 0) is 12.3 Å². The molecule has 27 heavy (non-hydrogen) atoms. The van der Waals surface area contributed by atoms with Gasteiger partial charge in [-0.3, -0.25) is 0 Å². The first kappa shape index (κ1) is 18.5. The van der Waals surface area contributed by atoms with E-state index >= 15 is 0 Å². The first-order chi connectivity index (χ1) is 13.1. The summed E-state index contributed by atoms with van der Waals surface area (Å²) >= 11 is 0. The Morgan fingerprint density at radius 3 is 1.78 bits per heavy atom. The van der Waals surface area contributed by atoms with Crippen molar-refractivity contribution in [2.75, 3.05) is 0 Å². The minimum atomic E-state index is -2.86. The van der Waals surface area contributed by atoms with Crippen LogP contribution in [-0.4, -0.2) is 27.9 Å². The summed E-state index contributed by atoms with van der Waals surface area (Å²) < 4.78 is 19.4. The fraction of sp³-hybridized carbons (Fsp3) is 0.143. The molecule has 0 atom stereocenters. The van der Waals surface area contributed by atoms with Gasteiger partial charge in [-0.1, -0.05) is 72.8 Å². The van der Waals surface area contributed by atoms with Crippen LogP contribution < -0.4 is 15.6 Å². The number of benzene rings is 3. The van der Waals surface area contributed by atoms with Gasteiger partial charge in [0.1, 0.15) is 0 Å². The van der Waals surface area contributed by atoms with Crippen LogP contribution in [0.1, 0.15) is 16.7 Å². The maximum Gasteiger partial charge on any atom is 0.413 e. The molecule has 1 saturated heterocycles. The molecule has 3 aromatic rings. The van der Waals surface area contributed by atoms with Gasteiger partial charge in [0.25, 0.3) is 0 Å². The van der Waals surface area contributed by atoms with Crippen molar-refractivity contribution >= 4 is 43.4 Å². The first-order valence-electron chi connectivity index (χ1n) is 8.96. The van der Waals surface area contributed by atoms with Crippen LogP contribution in [0, 0.1) is 20.8 Å². The van der Waals surface area contributed by atoms with Crippen molar-refractivity contribution in [2.24, 2.45) is 0 Å². The second-order valence-corrected chi connectivity index (χ2v) is 12.8. The fourth-order valence-corrected chi connectivity index (χ4v) is 12.3. The molecule has 0 bridgehead atoms. The van der Waals surface area contributed by atoms with Gasteiger partial charge in [0, 0.05) is 10.4 Å². The van der Waals surface area contributed by atoms with Gasteiger partial charge in [0.15, 0.2) is 0 Å². The summed E-state index contributed by atoms with van der Waals surface area (Å²) in [6.07, 6.45) is 0. The molecule has 0 amide bonds. The topological polar surface area (TPSA) is 27.7 Å². The molecule has 0 N–H and O–H groups in total. The van der Waals surface area contributed by atoms with Crippen LogP contribution in [0.4, 0.5) is 0 Å². The highest BCUT2D eigenvalue weighted by molar-refractivity contribution is 7.00. The normalized spacial score (nSPS) is 17.0. The van der Waals surface area contributed by atoms with Crippen molar-refractivity contribution < 1.29 is 12.3 Å². The summed E-state index contributed by atoms with van der Waals surface area (Å²) in [6, 6.07) is 25.2. The molecular formula is C21H21O3Si3. The molecule has 6 heteroatoms. The van der Waals surface area contributed by atoms with E-state index < -0.39 is 17.8 Å². The SMILES string of the molecule is Cc1ccccc1[Si]1O[Si]O[Si](c2ccccc2C)(c2ccccc2C)O1. The highest BCUT2D eigenvalue weighted by Gasteiger charge is 2.51. The smallest absolute Gasteiger partial charge is 0.409 e. The molecule has 3 aromatic carbocycles. The van der Waals surface area contributed by atoms with E-state index in [1.54, 1.807) is 0 Å². The Bertz CT molecular complexity index is 915. The van der Waals surface area contributed by atoms with Crippen LogP contribution >= 0.6 is 0 Å². The molecule has 1 heterocycles. The van der Waals surface area contributed by atoms with E-state index in [1.165, 1.54) is 27.1 Å². The van der Waals surface area contributed by atoms with Crippen molar-refractivity contribution in [1.29, 1.82) is 0 Å². The van der Waals surface area contributed by atoms with Crippen molar-refractivity contribution in [3.8, 4) is 0 Å². The Morgan fingerprint density at radius 1 is 0.704 bits per heavy atom. The molecule has 0 unspecified atom stereocenters. The molecular weight excluding hydrogens is 384 g/mol. The number of aryl methyl sites for hydroxylation is 3. The predicted molar refractivity (Wildman–Crippen MR) is 113 cm³/mol. The standard InChI is InChI=1S/C21H21O3Si3/c1-16-10-4-7-13-19(16)26-22-25-23-27(24-26,20-14-8-5-11-17(20)2)21-15-9-6-12-18(21)3/h4-15H,1-3H3. The van der Waals surface area contributed by atoms with Gasteiger partial charge in [-0.25, -0.2) is 0 Å². The van der Waals surface area contributed by atoms with Crippen molar-refractivity contribution in [1.82, 2.24) is 0 Å². The number of rotatable bonds is 3. The third kappa shape index (κ3) is 3.40. The zero-order valence-corrected chi connectivity index (χ0v) is 18.7. The zero-order chi connectivity index (χ0) is 18.9. The van der Waals surface area contributed by atoms with Gasteiger partial charge in [0.2, 0.25) is 0 Å². The molecule has 135 valence electrons. The first-order valence-corrected chi connectivity index (χ1v) is 12.9. The summed E-state index contributed by atoms with van der Waals surface area (Å²) in [5.41, 5.74) is 3.60. The monoisotopic (exact) mass is 405 g/mol. The Labute approximate surface area is 166 Å². The van der Waals surface area contributed by atoms with E-state index in [1.807, 2.05) is 0 Å². The van der Waals surface area contributed by atoms with Gasteiger partial charge in [0.05, 0.1) is 0 Å². The van der Waals surface area contributed by atoms with Gasteiger partial charge in [-0.05, 0) is 42.6 Å². The average Bonchev–Trinajstić information content (AvgIpc) is 2.69. The van der Waals surface area contributed by atoms with E-state index in [0.29, 0.717) is 0 Å². The molecule has 4 rings (SSSR count). The maximum absolute atomic E-state index is 6.88. The van der Waals surface area contributed by atoms with Gasteiger partial charge in [-0.2, -0.15) is 0 Å². The van der Waals surface area contributed by atoms with E-state index in [-0.39, 0.29) is 10.0 Å². The van der Waals surface area contributed by atoms with E-state index in [9.17, 15) is 0 Å².